The third-order valence-electron chi connectivity index (χ3n) is 3.25. The number of carbonyl (C=O) groups is 2. The number of hydrogen-bond donors (Lipinski definition) is 2. The average molecular weight is 309 g/mol. The molecule has 0 bridgehead atoms. The lowest BCUT2D eigenvalue weighted by Crippen LogP contribution is -2.20. The van der Waals surface area contributed by atoms with Gasteiger partial charge in [-0.2, -0.15) is 0 Å². The Bertz CT molecular complexity index is 974. The van der Waals surface area contributed by atoms with Gasteiger partial charge in [-0.05, 0) is 30.3 Å². The number of para-hydroxylation sites is 1. The number of hydrogen-bond acceptors (Lipinski definition) is 4. The summed E-state index contributed by atoms with van der Waals surface area (Å²) >= 11 is 0. The Hall–Kier alpha value is -3.41. The fourth-order valence-corrected chi connectivity index (χ4v) is 2.15. The van der Waals surface area contributed by atoms with Crippen molar-refractivity contribution in [1.82, 2.24) is 0 Å². The SMILES string of the molecule is O=C(O)c1cccc(NC(=O)c2cc3ccccc3oc2=O)c1. The lowest BCUT2D eigenvalue weighted by molar-refractivity contribution is 0.0696. The zero-order valence-corrected chi connectivity index (χ0v) is 11.8. The van der Waals surface area contributed by atoms with Gasteiger partial charge in [0.05, 0.1) is 5.56 Å². The summed E-state index contributed by atoms with van der Waals surface area (Å²) in [5.41, 5.74) is -0.197. The summed E-state index contributed by atoms with van der Waals surface area (Å²) in [6.07, 6.45) is 0. The molecule has 0 aliphatic carbocycles. The summed E-state index contributed by atoms with van der Waals surface area (Å²) in [5, 5.41) is 12.1. The van der Waals surface area contributed by atoms with E-state index >= 15 is 0 Å². The smallest absolute Gasteiger partial charge is 0.349 e. The van der Waals surface area contributed by atoms with Crippen LogP contribution in [-0.4, -0.2) is 17.0 Å². The number of aromatic carboxylic acids is 1. The first-order valence-electron chi connectivity index (χ1n) is 6.72. The van der Waals surface area contributed by atoms with Crippen LogP contribution >= 0.6 is 0 Å². The molecule has 0 unspecified atom stereocenters. The molecule has 3 rings (SSSR count). The molecular formula is C17H11NO5. The topological polar surface area (TPSA) is 96.6 Å². The highest BCUT2D eigenvalue weighted by atomic mass is 16.4. The van der Waals surface area contributed by atoms with E-state index in [9.17, 15) is 14.4 Å². The Morgan fingerprint density at radius 1 is 1.00 bits per heavy atom. The Morgan fingerprint density at radius 2 is 1.78 bits per heavy atom. The molecule has 6 nitrogen and oxygen atoms in total. The van der Waals surface area contributed by atoms with Crippen LogP contribution in [0.1, 0.15) is 20.7 Å². The van der Waals surface area contributed by atoms with Gasteiger partial charge in [0.15, 0.2) is 0 Å². The highest BCUT2D eigenvalue weighted by molar-refractivity contribution is 6.05. The molecule has 0 radical (unpaired) electrons. The number of nitrogens with one attached hydrogen (secondary N) is 1. The van der Waals surface area contributed by atoms with Gasteiger partial charge >= 0.3 is 11.6 Å². The summed E-state index contributed by atoms with van der Waals surface area (Å²) in [7, 11) is 0. The number of fused-ring (bicyclic) bond motifs is 1. The number of anilines is 1. The van der Waals surface area contributed by atoms with E-state index in [-0.39, 0.29) is 16.8 Å². The minimum Gasteiger partial charge on any atom is -0.478 e. The van der Waals surface area contributed by atoms with Gasteiger partial charge in [0.25, 0.3) is 5.91 Å². The molecule has 0 aliphatic heterocycles. The fraction of sp³-hybridized carbons (Fsp3) is 0. The molecule has 2 aromatic carbocycles. The van der Waals surface area contributed by atoms with Crippen molar-refractivity contribution < 1.29 is 19.1 Å². The van der Waals surface area contributed by atoms with Crippen molar-refractivity contribution in [2.24, 2.45) is 0 Å². The predicted octanol–water partition coefficient (Wildman–Crippen LogP) is 2.74. The highest BCUT2D eigenvalue weighted by Crippen LogP contribution is 2.15. The van der Waals surface area contributed by atoms with Gasteiger partial charge in [0.2, 0.25) is 0 Å². The van der Waals surface area contributed by atoms with Crippen LogP contribution in [0, 0.1) is 0 Å². The maximum atomic E-state index is 12.2. The molecular weight excluding hydrogens is 298 g/mol. The van der Waals surface area contributed by atoms with Crippen molar-refractivity contribution in [2.75, 3.05) is 5.32 Å². The lowest BCUT2D eigenvalue weighted by atomic mass is 10.1. The first kappa shape index (κ1) is 14.5. The predicted molar refractivity (Wildman–Crippen MR) is 83.8 cm³/mol. The van der Waals surface area contributed by atoms with Crippen LogP contribution < -0.4 is 10.9 Å². The van der Waals surface area contributed by atoms with Crippen molar-refractivity contribution in [1.29, 1.82) is 0 Å². The van der Waals surface area contributed by atoms with E-state index in [1.165, 1.54) is 30.3 Å². The summed E-state index contributed by atoms with van der Waals surface area (Å²) in [6, 6.07) is 14.0. The monoisotopic (exact) mass is 309 g/mol. The van der Waals surface area contributed by atoms with Gasteiger partial charge in [-0.15, -0.1) is 0 Å². The zero-order valence-electron chi connectivity index (χ0n) is 11.8. The molecule has 0 spiro atoms. The number of amides is 1. The number of benzene rings is 2. The van der Waals surface area contributed by atoms with Crippen LogP contribution in [-0.2, 0) is 0 Å². The molecule has 1 amide bonds. The molecule has 3 aromatic rings. The number of carbonyl (C=O) groups excluding carboxylic acids is 1. The molecule has 6 heteroatoms. The van der Waals surface area contributed by atoms with Crippen molar-refractivity contribution in [3.05, 3.63) is 76.1 Å². The summed E-state index contributed by atoms with van der Waals surface area (Å²) in [4.78, 5) is 35.1. The minimum absolute atomic E-state index is 0.0355. The Morgan fingerprint density at radius 3 is 2.57 bits per heavy atom. The van der Waals surface area contributed by atoms with E-state index in [4.69, 9.17) is 9.52 Å². The molecule has 0 saturated carbocycles. The van der Waals surface area contributed by atoms with E-state index in [0.717, 1.165) is 0 Å². The third kappa shape index (κ3) is 2.96. The number of carboxylic acid groups (broad SMARTS) is 1. The van der Waals surface area contributed by atoms with Crippen LogP contribution in [0.5, 0.6) is 0 Å². The summed E-state index contributed by atoms with van der Waals surface area (Å²) in [6.45, 7) is 0. The van der Waals surface area contributed by atoms with Gasteiger partial charge in [0, 0.05) is 11.1 Å². The van der Waals surface area contributed by atoms with Crippen molar-refractivity contribution in [2.45, 2.75) is 0 Å². The molecule has 0 aliphatic rings. The standard InChI is InChI=1S/C17H11NO5/c19-15(18-12-6-3-5-11(8-12)16(20)21)13-9-10-4-1-2-7-14(10)23-17(13)22/h1-9H,(H,18,19)(H,20,21). The Labute approximate surface area is 130 Å². The molecule has 0 atom stereocenters. The van der Waals surface area contributed by atoms with Gasteiger partial charge < -0.3 is 14.8 Å². The molecule has 1 heterocycles. The molecule has 2 N–H and O–H groups in total. The maximum Gasteiger partial charge on any atom is 0.349 e. The quantitative estimate of drug-likeness (QED) is 0.725. The third-order valence-corrected chi connectivity index (χ3v) is 3.25. The Kier molecular flexibility index (Phi) is 3.64. The fourth-order valence-electron chi connectivity index (χ4n) is 2.15. The van der Waals surface area contributed by atoms with Gasteiger partial charge in [0.1, 0.15) is 11.1 Å². The van der Waals surface area contributed by atoms with Crippen molar-refractivity contribution in [3.8, 4) is 0 Å². The van der Waals surface area contributed by atoms with Crippen molar-refractivity contribution in [3.63, 3.8) is 0 Å². The second kappa shape index (κ2) is 5.76. The van der Waals surface area contributed by atoms with Crippen LogP contribution in [0.2, 0.25) is 0 Å². The van der Waals surface area contributed by atoms with E-state index in [0.29, 0.717) is 11.0 Å². The van der Waals surface area contributed by atoms with Crippen LogP contribution in [0.3, 0.4) is 0 Å². The van der Waals surface area contributed by atoms with E-state index in [1.807, 2.05) is 0 Å². The van der Waals surface area contributed by atoms with E-state index in [1.54, 1.807) is 24.3 Å². The van der Waals surface area contributed by atoms with Crippen molar-refractivity contribution >= 4 is 28.5 Å². The second-order valence-corrected chi connectivity index (χ2v) is 4.83. The molecule has 114 valence electrons. The summed E-state index contributed by atoms with van der Waals surface area (Å²) < 4.78 is 5.10. The molecule has 0 fully saturated rings. The normalized spacial score (nSPS) is 10.4. The second-order valence-electron chi connectivity index (χ2n) is 4.83. The zero-order chi connectivity index (χ0) is 16.4. The minimum atomic E-state index is -1.11. The summed E-state index contributed by atoms with van der Waals surface area (Å²) in [5.74, 6) is -1.77. The largest absolute Gasteiger partial charge is 0.478 e. The molecule has 23 heavy (non-hydrogen) atoms. The van der Waals surface area contributed by atoms with Gasteiger partial charge in [-0.25, -0.2) is 9.59 Å². The lowest BCUT2D eigenvalue weighted by Gasteiger charge is -2.06. The molecule has 0 saturated heterocycles. The van der Waals surface area contributed by atoms with E-state index < -0.39 is 17.5 Å². The maximum absolute atomic E-state index is 12.2. The highest BCUT2D eigenvalue weighted by Gasteiger charge is 2.14. The average Bonchev–Trinajstić information content (AvgIpc) is 2.54. The number of rotatable bonds is 3. The first-order chi connectivity index (χ1) is 11.0. The van der Waals surface area contributed by atoms with Crippen LogP contribution in [0.25, 0.3) is 11.0 Å². The van der Waals surface area contributed by atoms with Gasteiger partial charge in [-0.1, -0.05) is 24.3 Å². The van der Waals surface area contributed by atoms with Crippen LogP contribution in [0.4, 0.5) is 5.69 Å². The Balaban J connectivity index is 1.94. The molecule has 1 aromatic heterocycles. The first-order valence-corrected chi connectivity index (χ1v) is 6.72. The van der Waals surface area contributed by atoms with Crippen LogP contribution in [0.15, 0.2) is 63.8 Å². The number of carboxylic acids is 1. The van der Waals surface area contributed by atoms with E-state index in [2.05, 4.69) is 5.32 Å². The van der Waals surface area contributed by atoms with Gasteiger partial charge in [-0.3, -0.25) is 4.79 Å².